The summed E-state index contributed by atoms with van der Waals surface area (Å²) in [5.74, 6) is 1.06. The third-order valence-corrected chi connectivity index (χ3v) is 7.23. The van der Waals surface area contributed by atoms with Crippen molar-refractivity contribution in [1.29, 1.82) is 0 Å². The highest BCUT2D eigenvalue weighted by Gasteiger charge is 2.38. The molecule has 1 atom stereocenters. The smallest absolute Gasteiger partial charge is 0.255 e. The van der Waals surface area contributed by atoms with E-state index in [0.29, 0.717) is 29.1 Å². The van der Waals surface area contributed by atoms with E-state index in [9.17, 15) is 9.59 Å². The number of allylic oxidation sites excluding steroid dienone is 3. The molecular formula is C30H28BrN3O4. The first-order valence-corrected chi connectivity index (χ1v) is 13.3. The Morgan fingerprint density at radius 3 is 2.68 bits per heavy atom. The summed E-state index contributed by atoms with van der Waals surface area (Å²) in [6.45, 7) is 2.15. The van der Waals surface area contributed by atoms with Crippen molar-refractivity contribution in [3.8, 4) is 11.5 Å². The van der Waals surface area contributed by atoms with Crippen LogP contribution in [0.2, 0.25) is 0 Å². The Labute approximate surface area is 230 Å². The molecule has 0 saturated carbocycles. The Hall–Kier alpha value is -3.91. The van der Waals surface area contributed by atoms with Crippen molar-refractivity contribution in [2.24, 2.45) is 0 Å². The molecule has 5 rings (SSSR count). The van der Waals surface area contributed by atoms with Gasteiger partial charge in [-0.15, -0.1) is 0 Å². The third-order valence-electron chi connectivity index (χ3n) is 6.76. The Bertz CT molecular complexity index is 1430. The number of ether oxygens (including phenoxy) is 2. The molecule has 0 spiro atoms. The molecule has 0 unspecified atom stereocenters. The highest BCUT2D eigenvalue weighted by atomic mass is 79.9. The van der Waals surface area contributed by atoms with E-state index in [4.69, 9.17) is 9.47 Å². The lowest BCUT2D eigenvalue weighted by Crippen LogP contribution is -2.35. The largest absolute Gasteiger partial charge is 0.496 e. The zero-order valence-corrected chi connectivity index (χ0v) is 22.8. The van der Waals surface area contributed by atoms with Crippen LogP contribution in [-0.4, -0.2) is 23.8 Å². The van der Waals surface area contributed by atoms with Gasteiger partial charge < -0.3 is 20.1 Å². The average Bonchev–Trinajstić information content (AvgIpc) is 2.93. The number of aromatic nitrogens is 1. The topological polar surface area (TPSA) is 89.5 Å². The number of rotatable bonds is 7. The number of pyridine rings is 1. The molecule has 0 fully saturated rings. The fourth-order valence-electron chi connectivity index (χ4n) is 5.02. The first-order valence-electron chi connectivity index (χ1n) is 12.5. The number of hydrogen-bond donors (Lipinski definition) is 2. The second kappa shape index (κ2) is 11.2. The maximum absolute atomic E-state index is 13.7. The zero-order valence-electron chi connectivity index (χ0n) is 21.2. The Kier molecular flexibility index (Phi) is 7.60. The molecule has 194 valence electrons. The van der Waals surface area contributed by atoms with Crippen molar-refractivity contribution >= 4 is 33.4 Å². The molecule has 1 aromatic heterocycles. The van der Waals surface area contributed by atoms with Crippen molar-refractivity contribution in [2.45, 2.75) is 38.7 Å². The molecule has 2 aliphatic rings. The van der Waals surface area contributed by atoms with Gasteiger partial charge in [0.2, 0.25) is 0 Å². The third kappa shape index (κ3) is 5.36. The van der Waals surface area contributed by atoms with Crippen LogP contribution in [0, 0.1) is 0 Å². The monoisotopic (exact) mass is 573 g/mol. The molecule has 3 aromatic rings. The quantitative estimate of drug-likeness (QED) is 0.358. The van der Waals surface area contributed by atoms with E-state index in [1.165, 1.54) is 0 Å². The molecule has 2 N–H and O–H groups in total. The average molecular weight is 574 g/mol. The minimum Gasteiger partial charge on any atom is -0.496 e. The fraction of sp³-hybridized carbons (Fsp3) is 0.233. The molecule has 1 amide bonds. The van der Waals surface area contributed by atoms with Gasteiger partial charge >= 0.3 is 0 Å². The predicted molar refractivity (Wildman–Crippen MR) is 149 cm³/mol. The van der Waals surface area contributed by atoms with Crippen molar-refractivity contribution in [1.82, 2.24) is 10.3 Å². The van der Waals surface area contributed by atoms with Crippen LogP contribution >= 0.6 is 15.9 Å². The second-order valence-electron chi connectivity index (χ2n) is 9.25. The number of methoxy groups -OCH3 is 1. The number of dihydropyridines is 1. The second-order valence-corrected chi connectivity index (χ2v) is 10.2. The molecule has 1 aliphatic carbocycles. The van der Waals surface area contributed by atoms with Crippen molar-refractivity contribution in [3.05, 3.63) is 105 Å². The van der Waals surface area contributed by atoms with E-state index in [2.05, 4.69) is 31.5 Å². The highest BCUT2D eigenvalue weighted by molar-refractivity contribution is 9.10. The number of para-hydroxylation sites is 1. The zero-order chi connectivity index (χ0) is 26.6. The van der Waals surface area contributed by atoms with Gasteiger partial charge in [-0.25, -0.2) is 4.98 Å². The molecule has 7 nitrogen and oxygen atoms in total. The van der Waals surface area contributed by atoms with Crippen LogP contribution in [0.4, 0.5) is 5.82 Å². The van der Waals surface area contributed by atoms with Gasteiger partial charge in [0.25, 0.3) is 5.91 Å². The van der Waals surface area contributed by atoms with Crippen LogP contribution < -0.4 is 20.1 Å². The van der Waals surface area contributed by atoms with E-state index in [0.717, 1.165) is 45.6 Å². The Morgan fingerprint density at radius 1 is 1.13 bits per heavy atom. The predicted octanol–water partition coefficient (Wildman–Crippen LogP) is 6.04. The number of halogens is 1. The van der Waals surface area contributed by atoms with E-state index < -0.39 is 5.92 Å². The van der Waals surface area contributed by atoms with Gasteiger partial charge in [0.05, 0.1) is 7.11 Å². The number of ketones is 1. The summed E-state index contributed by atoms with van der Waals surface area (Å²) in [6.07, 6.45) is 3.63. The molecular weight excluding hydrogens is 546 g/mol. The van der Waals surface area contributed by atoms with E-state index in [1.54, 1.807) is 19.4 Å². The summed E-state index contributed by atoms with van der Waals surface area (Å²) in [5, 5.41) is 6.27. The Balaban J connectivity index is 1.54. The highest BCUT2D eigenvalue weighted by Crippen LogP contribution is 2.43. The van der Waals surface area contributed by atoms with Gasteiger partial charge in [-0.2, -0.15) is 0 Å². The van der Waals surface area contributed by atoms with Gasteiger partial charge in [-0.1, -0.05) is 24.3 Å². The number of hydrogen-bond acceptors (Lipinski definition) is 6. The molecule has 0 bridgehead atoms. The minimum absolute atomic E-state index is 0.0567. The summed E-state index contributed by atoms with van der Waals surface area (Å²) in [7, 11) is 1.62. The van der Waals surface area contributed by atoms with Crippen LogP contribution in [0.15, 0.2) is 93.9 Å². The lowest BCUT2D eigenvalue weighted by molar-refractivity contribution is -0.116. The number of nitrogens with one attached hydrogen (secondary N) is 2. The molecule has 0 saturated heterocycles. The van der Waals surface area contributed by atoms with Crippen LogP contribution in [0.25, 0.3) is 0 Å². The molecule has 8 heteroatoms. The van der Waals surface area contributed by atoms with Gasteiger partial charge in [0, 0.05) is 51.1 Å². The maximum Gasteiger partial charge on any atom is 0.255 e. The summed E-state index contributed by atoms with van der Waals surface area (Å²) < 4.78 is 12.4. The van der Waals surface area contributed by atoms with E-state index in [1.807, 2.05) is 61.5 Å². The van der Waals surface area contributed by atoms with Crippen LogP contribution in [0.1, 0.15) is 43.2 Å². The summed E-state index contributed by atoms with van der Waals surface area (Å²) in [6, 6.07) is 18.9. The normalized spacial score (nSPS) is 17.0. The van der Waals surface area contributed by atoms with Crippen molar-refractivity contribution in [3.63, 3.8) is 0 Å². The van der Waals surface area contributed by atoms with Gasteiger partial charge in [-0.05, 0) is 77.7 Å². The van der Waals surface area contributed by atoms with Crippen LogP contribution in [0.5, 0.6) is 11.5 Å². The SMILES string of the molecule is COc1ccc([C@@H]2C(C(=O)Nc3ccc(Br)cn3)=C(C)NC3=C2C(=O)CCC3)cc1COc1ccccc1. The summed E-state index contributed by atoms with van der Waals surface area (Å²) in [5.41, 5.74) is 4.40. The lowest BCUT2D eigenvalue weighted by atomic mass is 9.74. The number of anilines is 1. The summed E-state index contributed by atoms with van der Waals surface area (Å²) >= 11 is 3.37. The molecule has 38 heavy (non-hydrogen) atoms. The van der Waals surface area contributed by atoms with Gasteiger partial charge in [0.1, 0.15) is 23.9 Å². The number of benzene rings is 2. The number of nitrogens with zero attached hydrogens (tertiary/aromatic N) is 1. The first-order chi connectivity index (χ1) is 18.4. The number of amides is 1. The van der Waals surface area contributed by atoms with Gasteiger partial charge in [-0.3, -0.25) is 9.59 Å². The summed E-state index contributed by atoms with van der Waals surface area (Å²) in [4.78, 5) is 31.3. The molecule has 0 radical (unpaired) electrons. The van der Waals surface area contributed by atoms with E-state index >= 15 is 0 Å². The number of carbonyl (C=O) groups excluding carboxylic acids is 2. The van der Waals surface area contributed by atoms with Crippen LogP contribution in [-0.2, 0) is 16.2 Å². The molecule has 2 aromatic carbocycles. The van der Waals surface area contributed by atoms with Crippen molar-refractivity contribution in [2.75, 3.05) is 12.4 Å². The lowest BCUT2D eigenvalue weighted by Gasteiger charge is -2.34. The van der Waals surface area contributed by atoms with E-state index in [-0.39, 0.29) is 18.3 Å². The first kappa shape index (κ1) is 25.7. The van der Waals surface area contributed by atoms with Crippen LogP contribution in [0.3, 0.4) is 0 Å². The van der Waals surface area contributed by atoms with Crippen molar-refractivity contribution < 1.29 is 19.1 Å². The fourth-order valence-corrected chi connectivity index (χ4v) is 5.25. The van der Waals surface area contributed by atoms with Gasteiger partial charge in [0.15, 0.2) is 5.78 Å². The minimum atomic E-state index is -0.532. The number of carbonyl (C=O) groups is 2. The molecule has 1 aliphatic heterocycles. The standard InChI is InChI=1S/C30H28BrN3O4/c1-18-27(30(36)34-26-14-12-21(31)16-32-26)28(29-23(33-18)9-6-10-24(29)35)19-11-13-25(37-2)20(15-19)17-38-22-7-4-3-5-8-22/h3-5,7-8,11-16,28,33H,6,9-10,17H2,1-2H3,(H,32,34,36)/t28-/m1/s1. The maximum atomic E-state index is 13.7. The number of Topliss-reactive ketones (excluding diaryl/α,β-unsaturated/α-hetero) is 1. The molecule has 2 heterocycles. The Morgan fingerprint density at radius 2 is 1.95 bits per heavy atom.